The first-order chi connectivity index (χ1) is 9.49. The number of benzene rings is 1. The Morgan fingerprint density at radius 3 is 2.55 bits per heavy atom. The standard InChI is InChI=1S/C14H15Cl2NO3/c15-8-5-6-9(11(16)7-8)13(18)17-12-4-2-1-3-10(12)14(19)20/h5-7,10,12H,1-4H2,(H,17,18)(H,19,20). The number of hydrogen-bond donors (Lipinski definition) is 2. The molecule has 4 nitrogen and oxygen atoms in total. The molecule has 1 amide bonds. The summed E-state index contributed by atoms with van der Waals surface area (Å²) in [5.74, 6) is -1.75. The van der Waals surface area contributed by atoms with E-state index in [0.717, 1.165) is 12.8 Å². The van der Waals surface area contributed by atoms with Gasteiger partial charge in [-0.2, -0.15) is 0 Å². The molecule has 0 spiro atoms. The number of carboxylic acid groups (broad SMARTS) is 1. The third kappa shape index (κ3) is 3.44. The monoisotopic (exact) mass is 315 g/mol. The number of aliphatic carboxylic acids is 1. The summed E-state index contributed by atoms with van der Waals surface area (Å²) < 4.78 is 0. The van der Waals surface area contributed by atoms with E-state index in [1.807, 2.05) is 0 Å². The molecule has 1 fully saturated rings. The minimum atomic E-state index is -0.864. The lowest BCUT2D eigenvalue weighted by atomic mass is 9.84. The van der Waals surface area contributed by atoms with Crippen LogP contribution in [0.3, 0.4) is 0 Å². The van der Waals surface area contributed by atoms with Gasteiger partial charge in [-0.15, -0.1) is 0 Å². The molecule has 0 aliphatic heterocycles. The van der Waals surface area contributed by atoms with Gasteiger partial charge in [-0.3, -0.25) is 9.59 Å². The van der Waals surface area contributed by atoms with Crippen molar-refractivity contribution < 1.29 is 14.7 Å². The van der Waals surface area contributed by atoms with E-state index in [1.54, 1.807) is 12.1 Å². The predicted octanol–water partition coefficient (Wildman–Crippen LogP) is 3.37. The van der Waals surface area contributed by atoms with Gasteiger partial charge in [0.15, 0.2) is 0 Å². The molecule has 1 aromatic carbocycles. The number of hydrogen-bond acceptors (Lipinski definition) is 2. The molecular weight excluding hydrogens is 301 g/mol. The summed E-state index contributed by atoms with van der Waals surface area (Å²) in [7, 11) is 0. The number of carbonyl (C=O) groups excluding carboxylic acids is 1. The minimum absolute atomic E-state index is 0.262. The van der Waals surface area contributed by atoms with Crippen LogP contribution in [0.15, 0.2) is 18.2 Å². The highest BCUT2D eigenvalue weighted by Gasteiger charge is 2.32. The van der Waals surface area contributed by atoms with Crippen LogP contribution in [0.2, 0.25) is 10.0 Å². The first kappa shape index (κ1) is 15.1. The Morgan fingerprint density at radius 1 is 1.20 bits per heavy atom. The van der Waals surface area contributed by atoms with Gasteiger partial charge < -0.3 is 10.4 Å². The molecule has 1 saturated carbocycles. The van der Waals surface area contributed by atoms with Crippen molar-refractivity contribution in [2.75, 3.05) is 0 Å². The summed E-state index contributed by atoms with van der Waals surface area (Å²) in [6.45, 7) is 0. The van der Waals surface area contributed by atoms with Crippen molar-refractivity contribution in [1.82, 2.24) is 5.32 Å². The van der Waals surface area contributed by atoms with Crippen molar-refractivity contribution in [3.8, 4) is 0 Å². The van der Waals surface area contributed by atoms with Crippen molar-refractivity contribution in [2.24, 2.45) is 5.92 Å². The van der Waals surface area contributed by atoms with Crippen LogP contribution in [0, 0.1) is 5.92 Å². The van der Waals surface area contributed by atoms with Gasteiger partial charge in [-0.1, -0.05) is 36.0 Å². The summed E-state index contributed by atoms with van der Waals surface area (Å²) >= 11 is 11.8. The number of nitrogens with one attached hydrogen (secondary N) is 1. The average Bonchev–Trinajstić information content (AvgIpc) is 2.38. The van der Waals surface area contributed by atoms with E-state index in [2.05, 4.69) is 5.32 Å². The van der Waals surface area contributed by atoms with Gasteiger partial charge in [0.2, 0.25) is 0 Å². The molecule has 0 saturated heterocycles. The molecular formula is C14H15Cl2NO3. The van der Waals surface area contributed by atoms with Crippen molar-refractivity contribution in [3.05, 3.63) is 33.8 Å². The van der Waals surface area contributed by atoms with Crippen molar-refractivity contribution in [3.63, 3.8) is 0 Å². The lowest BCUT2D eigenvalue weighted by Crippen LogP contribution is -2.45. The Morgan fingerprint density at radius 2 is 1.90 bits per heavy atom. The molecule has 108 valence electrons. The number of amides is 1. The zero-order chi connectivity index (χ0) is 14.7. The molecule has 2 N–H and O–H groups in total. The van der Waals surface area contributed by atoms with E-state index in [4.69, 9.17) is 23.2 Å². The van der Waals surface area contributed by atoms with Gasteiger partial charge in [-0.05, 0) is 31.0 Å². The zero-order valence-electron chi connectivity index (χ0n) is 10.7. The fourth-order valence-electron chi connectivity index (χ4n) is 2.52. The highest BCUT2D eigenvalue weighted by atomic mass is 35.5. The fraction of sp³-hybridized carbons (Fsp3) is 0.429. The molecule has 1 aliphatic rings. The molecule has 0 radical (unpaired) electrons. The Kier molecular flexibility index (Phi) is 4.89. The fourth-order valence-corrected chi connectivity index (χ4v) is 3.01. The SMILES string of the molecule is O=C(NC1CCCCC1C(=O)O)c1ccc(Cl)cc1Cl. The van der Waals surface area contributed by atoms with Gasteiger partial charge in [0.1, 0.15) is 0 Å². The van der Waals surface area contributed by atoms with Gasteiger partial charge in [0.25, 0.3) is 5.91 Å². The first-order valence-corrected chi connectivity index (χ1v) is 7.23. The third-order valence-corrected chi connectivity index (χ3v) is 4.12. The lowest BCUT2D eigenvalue weighted by Gasteiger charge is -2.29. The summed E-state index contributed by atoms with van der Waals surface area (Å²) in [6.07, 6.45) is 3.07. The minimum Gasteiger partial charge on any atom is -0.481 e. The molecule has 0 heterocycles. The van der Waals surface area contributed by atoms with Crippen LogP contribution in [0.4, 0.5) is 0 Å². The normalized spacial score (nSPS) is 22.3. The van der Waals surface area contributed by atoms with Crippen LogP contribution in [-0.4, -0.2) is 23.0 Å². The molecule has 6 heteroatoms. The third-order valence-electron chi connectivity index (χ3n) is 3.58. The maximum atomic E-state index is 12.2. The number of rotatable bonds is 3. The van der Waals surface area contributed by atoms with E-state index < -0.39 is 11.9 Å². The number of halogens is 2. The summed E-state index contributed by atoms with van der Waals surface area (Å²) in [5.41, 5.74) is 0.311. The van der Waals surface area contributed by atoms with Gasteiger partial charge in [-0.25, -0.2) is 0 Å². The Bertz CT molecular complexity index is 533. The van der Waals surface area contributed by atoms with E-state index in [-0.39, 0.29) is 17.0 Å². The molecule has 2 rings (SSSR count). The van der Waals surface area contributed by atoms with Gasteiger partial charge in [0.05, 0.1) is 16.5 Å². The Labute approximate surface area is 127 Å². The Balaban J connectivity index is 2.11. The van der Waals surface area contributed by atoms with Crippen LogP contribution in [0.25, 0.3) is 0 Å². The van der Waals surface area contributed by atoms with E-state index in [0.29, 0.717) is 23.4 Å². The topological polar surface area (TPSA) is 66.4 Å². The molecule has 1 aromatic rings. The lowest BCUT2D eigenvalue weighted by molar-refractivity contribution is -0.143. The number of carboxylic acids is 1. The van der Waals surface area contributed by atoms with Gasteiger partial charge >= 0.3 is 5.97 Å². The van der Waals surface area contributed by atoms with Crippen molar-refractivity contribution >= 4 is 35.1 Å². The molecule has 0 aromatic heterocycles. The van der Waals surface area contributed by atoms with Crippen LogP contribution in [-0.2, 0) is 4.79 Å². The van der Waals surface area contributed by atoms with Crippen molar-refractivity contribution in [1.29, 1.82) is 0 Å². The second kappa shape index (κ2) is 6.46. The van der Waals surface area contributed by atoms with Crippen LogP contribution in [0.5, 0.6) is 0 Å². The summed E-state index contributed by atoms with van der Waals surface area (Å²) in [6, 6.07) is 4.27. The second-order valence-electron chi connectivity index (χ2n) is 4.93. The molecule has 2 atom stereocenters. The second-order valence-corrected chi connectivity index (χ2v) is 5.78. The van der Waals surface area contributed by atoms with Crippen LogP contribution in [0.1, 0.15) is 36.0 Å². The maximum absolute atomic E-state index is 12.2. The summed E-state index contributed by atoms with van der Waals surface area (Å²) in [4.78, 5) is 23.4. The van der Waals surface area contributed by atoms with E-state index >= 15 is 0 Å². The van der Waals surface area contributed by atoms with Crippen LogP contribution >= 0.6 is 23.2 Å². The zero-order valence-corrected chi connectivity index (χ0v) is 12.2. The average molecular weight is 316 g/mol. The first-order valence-electron chi connectivity index (χ1n) is 6.48. The van der Waals surface area contributed by atoms with Crippen molar-refractivity contribution in [2.45, 2.75) is 31.7 Å². The van der Waals surface area contributed by atoms with Gasteiger partial charge in [0, 0.05) is 11.1 Å². The summed E-state index contributed by atoms with van der Waals surface area (Å²) in [5, 5.41) is 12.7. The highest BCUT2D eigenvalue weighted by Crippen LogP contribution is 2.26. The van der Waals surface area contributed by atoms with E-state index in [1.165, 1.54) is 6.07 Å². The number of carbonyl (C=O) groups is 2. The molecule has 0 bridgehead atoms. The molecule has 2 unspecified atom stereocenters. The van der Waals surface area contributed by atoms with Crippen LogP contribution < -0.4 is 5.32 Å². The molecule has 1 aliphatic carbocycles. The van der Waals surface area contributed by atoms with E-state index in [9.17, 15) is 14.7 Å². The Hall–Kier alpha value is -1.26. The molecule has 20 heavy (non-hydrogen) atoms. The quantitative estimate of drug-likeness (QED) is 0.898. The highest BCUT2D eigenvalue weighted by molar-refractivity contribution is 6.36. The smallest absolute Gasteiger partial charge is 0.308 e. The predicted molar refractivity (Wildman–Crippen MR) is 77.3 cm³/mol. The maximum Gasteiger partial charge on any atom is 0.308 e. The largest absolute Gasteiger partial charge is 0.481 e.